The highest BCUT2D eigenvalue weighted by Gasteiger charge is 2.41. The molecule has 0 N–H and O–H groups in total. The lowest BCUT2D eigenvalue weighted by Crippen LogP contribution is -2.61. The molecule has 1 atom stereocenters. The smallest absolute Gasteiger partial charge is 0.247 e. The highest BCUT2D eigenvalue weighted by Crippen LogP contribution is 2.26. The molecule has 3 fully saturated rings. The van der Waals surface area contributed by atoms with Gasteiger partial charge in [0, 0.05) is 26.2 Å². The fourth-order valence-electron chi connectivity index (χ4n) is 4.95. The molecule has 0 spiro atoms. The van der Waals surface area contributed by atoms with E-state index >= 15 is 0 Å². The molecule has 2 amide bonds. The van der Waals surface area contributed by atoms with Gasteiger partial charge in [0.05, 0.1) is 0 Å². The summed E-state index contributed by atoms with van der Waals surface area (Å²) in [6.45, 7) is 4.25. The van der Waals surface area contributed by atoms with Crippen molar-refractivity contribution in [3.05, 3.63) is 35.9 Å². The molecule has 1 aromatic carbocycles. The summed E-state index contributed by atoms with van der Waals surface area (Å²) in [5, 5.41) is 0. The van der Waals surface area contributed by atoms with Gasteiger partial charge in [0.25, 0.3) is 0 Å². The number of hydrogen-bond donors (Lipinski definition) is 0. The van der Waals surface area contributed by atoms with Crippen LogP contribution in [0.15, 0.2) is 30.3 Å². The first-order valence-corrected chi connectivity index (χ1v) is 10.6. The Hall–Kier alpha value is -1.88. The molecule has 27 heavy (non-hydrogen) atoms. The van der Waals surface area contributed by atoms with E-state index in [9.17, 15) is 9.59 Å². The molecule has 1 unspecified atom stereocenters. The fourth-order valence-corrected chi connectivity index (χ4v) is 4.95. The van der Waals surface area contributed by atoms with E-state index in [0.29, 0.717) is 13.1 Å². The van der Waals surface area contributed by atoms with Crippen molar-refractivity contribution in [2.24, 2.45) is 5.92 Å². The van der Waals surface area contributed by atoms with Gasteiger partial charge in [-0.3, -0.25) is 9.59 Å². The molecule has 0 bridgehead atoms. The Labute approximate surface area is 162 Å². The quantitative estimate of drug-likeness (QED) is 0.819. The van der Waals surface area contributed by atoms with Crippen LogP contribution in [0.3, 0.4) is 0 Å². The summed E-state index contributed by atoms with van der Waals surface area (Å²) in [6.07, 6.45) is 7.66. The number of carbonyl (C=O) groups is 2. The largest absolute Gasteiger partial charge is 0.328 e. The van der Waals surface area contributed by atoms with Crippen LogP contribution >= 0.6 is 0 Å². The lowest BCUT2D eigenvalue weighted by molar-refractivity contribution is -0.156. The molecule has 1 saturated carbocycles. The third-order valence-corrected chi connectivity index (χ3v) is 6.38. The van der Waals surface area contributed by atoms with E-state index in [1.54, 1.807) is 4.90 Å². The Morgan fingerprint density at radius 1 is 0.926 bits per heavy atom. The van der Waals surface area contributed by atoms with Gasteiger partial charge in [-0.2, -0.15) is 0 Å². The minimum Gasteiger partial charge on any atom is -0.328 e. The van der Waals surface area contributed by atoms with Gasteiger partial charge in [0.2, 0.25) is 11.8 Å². The lowest BCUT2D eigenvalue weighted by Gasteiger charge is -2.40. The first-order chi connectivity index (χ1) is 13.2. The SMILES string of the molecule is O=C1C2CN(CC3CCCCC3)CCCN2C(=O)CN1Cc1ccccc1. The van der Waals surface area contributed by atoms with Crippen molar-refractivity contribution in [2.45, 2.75) is 51.1 Å². The summed E-state index contributed by atoms with van der Waals surface area (Å²) in [5.74, 6) is 0.990. The average molecular weight is 370 g/mol. The summed E-state index contributed by atoms with van der Waals surface area (Å²) in [6, 6.07) is 9.67. The maximum atomic E-state index is 13.2. The van der Waals surface area contributed by atoms with E-state index in [1.165, 1.54) is 32.1 Å². The van der Waals surface area contributed by atoms with E-state index in [2.05, 4.69) is 4.90 Å². The number of carbonyl (C=O) groups excluding carboxylic acids is 2. The Morgan fingerprint density at radius 3 is 2.48 bits per heavy atom. The van der Waals surface area contributed by atoms with Crippen LogP contribution < -0.4 is 0 Å². The van der Waals surface area contributed by atoms with Crippen molar-refractivity contribution in [3.8, 4) is 0 Å². The van der Waals surface area contributed by atoms with Gasteiger partial charge in [0.15, 0.2) is 0 Å². The van der Waals surface area contributed by atoms with E-state index in [4.69, 9.17) is 0 Å². The number of fused-ring (bicyclic) bond motifs is 1. The molecular formula is C22H31N3O2. The monoisotopic (exact) mass is 369 g/mol. The average Bonchev–Trinajstić information content (AvgIpc) is 2.91. The summed E-state index contributed by atoms with van der Waals surface area (Å²) in [7, 11) is 0. The molecule has 0 radical (unpaired) electrons. The number of benzene rings is 1. The first-order valence-electron chi connectivity index (χ1n) is 10.6. The number of piperazine rings is 1. The second-order valence-corrected chi connectivity index (χ2v) is 8.40. The van der Waals surface area contributed by atoms with Crippen LogP contribution in [-0.4, -0.2) is 65.3 Å². The van der Waals surface area contributed by atoms with Crippen LogP contribution in [-0.2, 0) is 16.1 Å². The number of amides is 2. The van der Waals surface area contributed by atoms with Gasteiger partial charge in [0.1, 0.15) is 12.6 Å². The van der Waals surface area contributed by atoms with E-state index < -0.39 is 0 Å². The number of nitrogens with zero attached hydrogens (tertiary/aromatic N) is 3. The lowest BCUT2D eigenvalue weighted by atomic mass is 9.89. The van der Waals surface area contributed by atoms with E-state index in [-0.39, 0.29) is 24.4 Å². The van der Waals surface area contributed by atoms with Crippen LogP contribution in [0.1, 0.15) is 44.1 Å². The summed E-state index contributed by atoms with van der Waals surface area (Å²) < 4.78 is 0. The molecule has 146 valence electrons. The van der Waals surface area contributed by atoms with Gasteiger partial charge < -0.3 is 14.7 Å². The van der Waals surface area contributed by atoms with Gasteiger partial charge in [-0.15, -0.1) is 0 Å². The fraction of sp³-hybridized carbons (Fsp3) is 0.636. The minimum atomic E-state index is -0.305. The van der Waals surface area contributed by atoms with Crippen molar-refractivity contribution in [1.82, 2.24) is 14.7 Å². The third-order valence-electron chi connectivity index (χ3n) is 6.38. The second-order valence-electron chi connectivity index (χ2n) is 8.40. The van der Waals surface area contributed by atoms with Crippen LogP contribution in [0.5, 0.6) is 0 Å². The Bertz CT molecular complexity index is 657. The molecule has 2 aliphatic heterocycles. The zero-order chi connectivity index (χ0) is 18.6. The van der Waals surface area contributed by atoms with Crippen LogP contribution in [0, 0.1) is 5.92 Å². The first kappa shape index (κ1) is 18.5. The zero-order valence-corrected chi connectivity index (χ0v) is 16.2. The predicted octanol–water partition coefficient (Wildman–Crippen LogP) is 2.51. The Balaban J connectivity index is 1.44. The molecule has 1 aromatic rings. The summed E-state index contributed by atoms with van der Waals surface area (Å²) >= 11 is 0. The Kier molecular flexibility index (Phi) is 5.77. The topological polar surface area (TPSA) is 43.9 Å². The summed E-state index contributed by atoms with van der Waals surface area (Å²) in [4.78, 5) is 32.0. The molecule has 2 heterocycles. The van der Waals surface area contributed by atoms with Crippen LogP contribution in [0.4, 0.5) is 0 Å². The molecule has 1 aliphatic carbocycles. The molecule has 4 rings (SSSR count). The summed E-state index contributed by atoms with van der Waals surface area (Å²) in [5.41, 5.74) is 1.08. The highest BCUT2D eigenvalue weighted by molar-refractivity contribution is 5.95. The molecule has 3 aliphatic rings. The number of rotatable bonds is 4. The van der Waals surface area contributed by atoms with Gasteiger partial charge in [-0.05, 0) is 37.3 Å². The minimum absolute atomic E-state index is 0.107. The van der Waals surface area contributed by atoms with Crippen molar-refractivity contribution >= 4 is 11.8 Å². The second kappa shape index (κ2) is 8.42. The van der Waals surface area contributed by atoms with Crippen molar-refractivity contribution in [2.75, 3.05) is 32.7 Å². The molecular weight excluding hydrogens is 338 g/mol. The van der Waals surface area contributed by atoms with Crippen molar-refractivity contribution < 1.29 is 9.59 Å². The van der Waals surface area contributed by atoms with Gasteiger partial charge in [-0.1, -0.05) is 49.6 Å². The van der Waals surface area contributed by atoms with E-state index in [0.717, 1.165) is 37.5 Å². The standard InChI is InChI=1S/C22H31N3O2/c26-21-17-24(15-19-10-5-2-6-11-19)22(27)20-16-23(12-7-13-25(20)21)14-18-8-3-1-4-9-18/h2,5-6,10-11,18,20H,1,3-4,7-9,12-17H2. The van der Waals surface area contributed by atoms with Crippen molar-refractivity contribution in [1.29, 1.82) is 0 Å². The maximum absolute atomic E-state index is 13.2. The van der Waals surface area contributed by atoms with Gasteiger partial charge in [-0.25, -0.2) is 0 Å². The highest BCUT2D eigenvalue weighted by atomic mass is 16.2. The molecule has 2 saturated heterocycles. The zero-order valence-electron chi connectivity index (χ0n) is 16.2. The van der Waals surface area contributed by atoms with Gasteiger partial charge >= 0.3 is 0 Å². The van der Waals surface area contributed by atoms with Crippen molar-refractivity contribution in [3.63, 3.8) is 0 Å². The normalized spacial score (nSPS) is 25.4. The molecule has 5 nitrogen and oxygen atoms in total. The maximum Gasteiger partial charge on any atom is 0.247 e. The van der Waals surface area contributed by atoms with E-state index in [1.807, 2.05) is 35.2 Å². The number of hydrogen-bond acceptors (Lipinski definition) is 3. The predicted molar refractivity (Wildman–Crippen MR) is 105 cm³/mol. The van der Waals surface area contributed by atoms with Crippen LogP contribution in [0.25, 0.3) is 0 Å². The van der Waals surface area contributed by atoms with Crippen LogP contribution in [0.2, 0.25) is 0 Å². The molecule has 5 heteroatoms. The Morgan fingerprint density at radius 2 is 1.70 bits per heavy atom. The third kappa shape index (κ3) is 4.34. The molecule has 0 aromatic heterocycles.